The summed E-state index contributed by atoms with van der Waals surface area (Å²) in [4.78, 5) is 0. The highest BCUT2D eigenvalue weighted by Crippen LogP contribution is 1.71. The maximum absolute atomic E-state index is 2.77. The lowest BCUT2D eigenvalue weighted by atomic mass is 10.4. The van der Waals surface area contributed by atoms with Gasteiger partial charge in [-0.25, -0.2) is 0 Å². The minimum atomic E-state index is 0. The van der Waals surface area contributed by atoms with Crippen molar-refractivity contribution in [1.82, 2.24) is 0 Å². The molecule has 0 amide bonds. The Hall–Kier alpha value is -0.895. The summed E-state index contributed by atoms with van der Waals surface area (Å²) in [6.45, 7) is 0. The average molecular weight is 86.9 g/mol. The summed E-state index contributed by atoms with van der Waals surface area (Å²) in [7, 11) is 0. The second kappa shape index (κ2) is 3.30. The van der Waals surface area contributed by atoms with Crippen LogP contribution in [0.15, 0.2) is 24.3 Å². The zero-order chi connectivity index (χ0) is 4.24. The molecule has 0 aliphatic rings. The van der Waals surface area contributed by atoms with Crippen molar-refractivity contribution in [2.24, 2.45) is 0 Å². The molecule has 0 nitrogen and oxygen atoms in total. The largest absolute Gasteiger partial charge is 0.0702 e. The highest BCUT2D eigenvalue weighted by molar-refractivity contribution is 5.75. The van der Waals surface area contributed by atoms with Crippen LogP contribution in [0.4, 0.5) is 0 Å². The van der Waals surface area contributed by atoms with Crippen molar-refractivity contribution in [1.29, 1.82) is 0 Å². The standard InChI is InChI=1S/C6H4.B/c1-2-4-6-5-3-1;/h1-4H;. The lowest BCUT2D eigenvalue weighted by molar-refractivity contribution is 1.76. The Bertz CT molecular complexity index is 76.1. The van der Waals surface area contributed by atoms with Gasteiger partial charge in [-0.1, -0.05) is 24.3 Å². The van der Waals surface area contributed by atoms with E-state index in [1.54, 1.807) is 0 Å². The van der Waals surface area contributed by atoms with Gasteiger partial charge in [-0.15, -0.1) is 0 Å². The van der Waals surface area contributed by atoms with E-state index in [0.717, 1.165) is 0 Å². The molecule has 1 aromatic carbocycles. The Morgan fingerprint density at radius 3 is 1.43 bits per heavy atom. The van der Waals surface area contributed by atoms with E-state index in [-0.39, 0.29) is 8.41 Å². The fraction of sp³-hybridized carbons (Fsp3) is 0. The Balaban J connectivity index is 0.000000360. The van der Waals surface area contributed by atoms with Crippen LogP contribution in [0.3, 0.4) is 0 Å². The van der Waals surface area contributed by atoms with E-state index in [2.05, 4.69) is 12.1 Å². The topological polar surface area (TPSA) is 0 Å². The normalized spacial score (nSPS) is 5.71. The molecule has 7 heavy (non-hydrogen) atoms. The van der Waals surface area contributed by atoms with Gasteiger partial charge in [0.15, 0.2) is 0 Å². The molecule has 1 rings (SSSR count). The van der Waals surface area contributed by atoms with Crippen LogP contribution in [0.5, 0.6) is 0 Å². The summed E-state index contributed by atoms with van der Waals surface area (Å²) in [6.07, 6.45) is 0. The molecule has 31 valence electrons. The van der Waals surface area contributed by atoms with Crippen molar-refractivity contribution in [2.45, 2.75) is 0 Å². The molecule has 0 aromatic heterocycles. The maximum Gasteiger partial charge on any atom is 0 e. The minimum absolute atomic E-state index is 0. The molecule has 0 atom stereocenters. The van der Waals surface area contributed by atoms with E-state index in [4.69, 9.17) is 0 Å². The third-order valence-corrected chi connectivity index (χ3v) is 0.554. The summed E-state index contributed by atoms with van der Waals surface area (Å²) >= 11 is 0. The molecule has 0 aliphatic heterocycles. The summed E-state index contributed by atoms with van der Waals surface area (Å²) < 4.78 is 0. The molecule has 3 radical (unpaired) electrons. The van der Waals surface area contributed by atoms with Gasteiger partial charge < -0.3 is 0 Å². The molecule has 0 heterocycles. The number of hydrogen-bond acceptors (Lipinski definition) is 0. The highest BCUT2D eigenvalue weighted by Gasteiger charge is 1.53. The van der Waals surface area contributed by atoms with Crippen molar-refractivity contribution >= 4 is 8.41 Å². The van der Waals surface area contributed by atoms with Gasteiger partial charge in [0.25, 0.3) is 0 Å². The van der Waals surface area contributed by atoms with E-state index in [1.807, 2.05) is 24.3 Å². The maximum atomic E-state index is 2.77. The van der Waals surface area contributed by atoms with Gasteiger partial charge in [0.1, 0.15) is 0 Å². The highest BCUT2D eigenvalue weighted by atomic mass is 13.6. The number of hydrogen-bond donors (Lipinski definition) is 0. The average Bonchev–Trinajstić information content (AvgIpc) is 1.72. The van der Waals surface area contributed by atoms with Crippen LogP contribution in [-0.4, -0.2) is 8.41 Å². The molecule has 0 saturated heterocycles. The van der Waals surface area contributed by atoms with Gasteiger partial charge in [0.2, 0.25) is 0 Å². The molecule has 0 spiro atoms. The van der Waals surface area contributed by atoms with E-state index >= 15 is 0 Å². The van der Waals surface area contributed by atoms with Crippen LogP contribution in [0.2, 0.25) is 0 Å². The molecule has 1 heteroatoms. The molecule has 0 saturated carbocycles. The summed E-state index contributed by atoms with van der Waals surface area (Å²) in [5.74, 6) is 0. The molecular formula is C6H4B. The summed E-state index contributed by atoms with van der Waals surface area (Å²) in [5, 5.41) is 0. The van der Waals surface area contributed by atoms with Gasteiger partial charge in [-0.05, 0) is 12.1 Å². The molecule has 1 aromatic rings. The third-order valence-electron chi connectivity index (χ3n) is 0.554. The predicted molar refractivity (Wildman–Crippen MR) is 29.9 cm³/mol. The van der Waals surface area contributed by atoms with Crippen LogP contribution in [0, 0.1) is 12.1 Å². The first-order chi connectivity index (χ1) is 3.00. The van der Waals surface area contributed by atoms with E-state index in [9.17, 15) is 0 Å². The van der Waals surface area contributed by atoms with Gasteiger partial charge in [-0.2, -0.15) is 0 Å². The molecule has 0 bridgehead atoms. The zero-order valence-electron chi connectivity index (χ0n) is 3.89. The molecule has 0 aliphatic carbocycles. The smallest absolute Gasteiger partial charge is 0 e. The van der Waals surface area contributed by atoms with Gasteiger partial charge in [0, 0.05) is 8.41 Å². The summed E-state index contributed by atoms with van der Waals surface area (Å²) in [6, 6.07) is 13.0. The van der Waals surface area contributed by atoms with Crippen molar-refractivity contribution in [3.8, 4) is 0 Å². The summed E-state index contributed by atoms with van der Waals surface area (Å²) in [5.41, 5.74) is 0. The monoisotopic (exact) mass is 87.0 g/mol. The SMILES string of the molecule is [B].c1ccccc#1. The Labute approximate surface area is 45.8 Å². The second-order valence-corrected chi connectivity index (χ2v) is 1.01. The minimum Gasteiger partial charge on any atom is -0.0702 e. The van der Waals surface area contributed by atoms with Gasteiger partial charge in [-0.3, -0.25) is 0 Å². The number of rotatable bonds is 0. The van der Waals surface area contributed by atoms with Crippen LogP contribution in [0.25, 0.3) is 0 Å². The Morgan fingerprint density at radius 2 is 1.29 bits per heavy atom. The zero-order valence-corrected chi connectivity index (χ0v) is 3.89. The molecule has 0 fully saturated rings. The Morgan fingerprint density at radius 1 is 0.857 bits per heavy atom. The first-order valence-corrected chi connectivity index (χ1v) is 1.83. The molecular weight excluding hydrogens is 82.9 g/mol. The van der Waals surface area contributed by atoms with E-state index < -0.39 is 0 Å². The lowest BCUT2D eigenvalue weighted by Crippen LogP contribution is -1.43. The van der Waals surface area contributed by atoms with E-state index in [0.29, 0.717) is 0 Å². The first kappa shape index (κ1) is 6.10. The quantitative estimate of drug-likeness (QED) is 0.412. The van der Waals surface area contributed by atoms with Crippen molar-refractivity contribution in [2.75, 3.05) is 0 Å². The molecule has 0 N–H and O–H groups in total. The van der Waals surface area contributed by atoms with Crippen LogP contribution in [0.1, 0.15) is 0 Å². The van der Waals surface area contributed by atoms with Crippen LogP contribution >= 0.6 is 0 Å². The predicted octanol–water partition coefficient (Wildman–Crippen LogP) is 0.906. The van der Waals surface area contributed by atoms with E-state index in [1.165, 1.54) is 0 Å². The van der Waals surface area contributed by atoms with Crippen LogP contribution < -0.4 is 0 Å². The van der Waals surface area contributed by atoms with Crippen molar-refractivity contribution in [3.05, 3.63) is 36.4 Å². The van der Waals surface area contributed by atoms with Crippen molar-refractivity contribution in [3.63, 3.8) is 0 Å². The van der Waals surface area contributed by atoms with Crippen molar-refractivity contribution < 1.29 is 0 Å². The molecule has 0 unspecified atom stereocenters. The van der Waals surface area contributed by atoms with Crippen LogP contribution in [-0.2, 0) is 0 Å². The van der Waals surface area contributed by atoms with Gasteiger partial charge in [0.05, 0.1) is 0 Å². The fourth-order valence-corrected chi connectivity index (χ4v) is 0.304. The lowest BCUT2D eigenvalue weighted by Gasteiger charge is -1.61. The fourth-order valence-electron chi connectivity index (χ4n) is 0.304. The second-order valence-electron chi connectivity index (χ2n) is 1.01. The first-order valence-electron chi connectivity index (χ1n) is 1.83. The Kier molecular flexibility index (Phi) is 2.88. The van der Waals surface area contributed by atoms with Gasteiger partial charge >= 0.3 is 0 Å². The third kappa shape index (κ3) is 1.89.